The summed E-state index contributed by atoms with van der Waals surface area (Å²) in [4.78, 5) is 0. The number of halogens is 1. The molecule has 1 heterocycles. The van der Waals surface area contributed by atoms with Crippen LogP contribution in [0.15, 0.2) is 22.7 Å². The fraction of sp³-hybridized carbons (Fsp3) is 0.667. The van der Waals surface area contributed by atoms with Crippen LogP contribution >= 0.6 is 15.9 Å². The van der Waals surface area contributed by atoms with E-state index in [0.717, 1.165) is 41.6 Å². The second-order valence-electron chi connectivity index (χ2n) is 6.66. The van der Waals surface area contributed by atoms with Crippen LogP contribution in [0.4, 0.5) is 0 Å². The molecule has 116 valence electrons. The van der Waals surface area contributed by atoms with Crippen molar-refractivity contribution < 1.29 is 4.74 Å². The van der Waals surface area contributed by atoms with E-state index in [1.165, 1.54) is 37.7 Å². The van der Waals surface area contributed by atoms with Gasteiger partial charge in [0.05, 0.1) is 6.61 Å². The maximum Gasteiger partial charge on any atom is 0.125 e. The van der Waals surface area contributed by atoms with E-state index in [1.54, 1.807) is 0 Å². The Hall–Kier alpha value is -0.540. The number of benzene rings is 1. The molecule has 0 radical (unpaired) electrons. The Kier molecular flexibility index (Phi) is 5.23. The minimum atomic E-state index is 0.449. The standard InChI is InChI=1S/C18H26BrNO/c1-13-5-2-3-6-14(13)12-20-17-7-4-10-21-18-11-15(19)8-9-16(17)18/h8-9,11,13-14,17,20H,2-7,10,12H2,1H3. The van der Waals surface area contributed by atoms with E-state index in [4.69, 9.17) is 4.74 Å². The molecule has 3 heteroatoms. The molecule has 1 aromatic rings. The first-order valence-corrected chi connectivity index (χ1v) is 9.19. The van der Waals surface area contributed by atoms with E-state index in [2.05, 4.69) is 46.4 Å². The molecule has 1 N–H and O–H groups in total. The van der Waals surface area contributed by atoms with Gasteiger partial charge in [0.15, 0.2) is 0 Å². The lowest BCUT2D eigenvalue weighted by atomic mass is 9.80. The molecule has 3 unspecified atom stereocenters. The molecule has 0 bridgehead atoms. The lowest BCUT2D eigenvalue weighted by Gasteiger charge is -2.30. The molecule has 21 heavy (non-hydrogen) atoms. The first-order chi connectivity index (χ1) is 10.2. The largest absolute Gasteiger partial charge is 0.493 e. The van der Waals surface area contributed by atoms with Crippen LogP contribution in [0.25, 0.3) is 0 Å². The van der Waals surface area contributed by atoms with Crippen LogP contribution < -0.4 is 10.1 Å². The molecule has 1 aromatic carbocycles. The van der Waals surface area contributed by atoms with Crippen molar-refractivity contribution in [3.8, 4) is 5.75 Å². The highest BCUT2D eigenvalue weighted by atomic mass is 79.9. The van der Waals surface area contributed by atoms with Gasteiger partial charge in [-0.2, -0.15) is 0 Å². The van der Waals surface area contributed by atoms with Crippen LogP contribution in [0.1, 0.15) is 57.1 Å². The van der Waals surface area contributed by atoms with Gasteiger partial charge in [-0.25, -0.2) is 0 Å². The zero-order valence-corrected chi connectivity index (χ0v) is 14.5. The monoisotopic (exact) mass is 351 g/mol. The van der Waals surface area contributed by atoms with Gasteiger partial charge in [-0.15, -0.1) is 0 Å². The van der Waals surface area contributed by atoms with Crippen LogP contribution in [0.3, 0.4) is 0 Å². The maximum absolute atomic E-state index is 5.90. The molecule has 1 aliphatic heterocycles. The molecule has 2 nitrogen and oxygen atoms in total. The van der Waals surface area contributed by atoms with E-state index in [-0.39, 0.29) is 0 Å². The topological polar surface area (TPSA) is 21.3 Å². The summed E-state index contributed by atoms with van der Waals surface area (Å²) >= 11 is 3.54. The molecule has 3 atom stereocenters. The highest BCUT2D eigenvalue weighted by molar-refractivity contribution is 9.10. The zero-order chi connectivity index (χ0) is 14.7. The number of fused-ring (bicyclic) bond motifs is 1. The molecule has 3 rings (SSSR count). The summed E-state index contributed by atoms with van der Waals surface area (Å²) in [5.74, 6) is 2.77. The lowest BCUT2D eigenvalue weighted by molar-refractivity contribution is 0.239. The summed E-state index contributed by atoms with van der Waals surface area (Å²) in [6.45, 7) is 4.41. The van der Waals surface area contributed by atoms with Crippen LogP contribution in [0.2, 0.25) is 0 Å². The molecule has 1 aliphatic carbocycles. The maximum atomic E-state index is 5.90. The minimum absolute atomic E-state index is 0.449. The Morgan fingerprint density at radius 2 is 2.05 bits per heavy atom. The quantitative estimate of drug-likeness (QED) is 0.819. The van der Waals surface area contributed by atoms with Gasteiger partial charge in [0, 0.05) is 16.1 Å². The van der Waals surface area contributed by atoms with Gasteiger partial charge in [-0.3, -0.25) is 0 Å². The van der Waals surface area contributed by atoms with Crippen molar-refractivity contribution in [3.05, 3.63) is 28.2 Å². The fourth-order valence-corrected chi connectivity index (χ4v) is 4.09. The van der Waals surface area contributed by atoms with Crippen LogP contribution in [0.5, 0.6) is 5.75 Å². The summed E-state index contributed by atoms with van der Waals surface area (Å²) in [5, 5.41) is 3.84. The number of hydrogen-bond donors (Lipinski definition) is 1. The van der Waals surface area contributed by atoms with Crippen molar-refractivity contribution in [1.82, 2.24) is 5.32 Å². The second kappa shape index (κ2) is 7.15. The number of nitrogens with one attached hydrogen (secondary N) is 1. The van der Waals surface area contributed by atoms with Crippen LogP contribution in [-0.2, 0) is 0 Å². The van der Waals surface area contributed by atoms with E-state index >= 15 is 0 Å². The van der Waals surface area contributed by atoms with E-state index in [1.807, 2.05) is 0 Å². The van der Waals surface area contributed by atoms with Crippen molar-refractivity contribution >= 4 is 15.9 Å². The van der Waals surface area contributed by atoms with Crippen molar-refractivity contribution in [2.45, 2.75) is 51.5 Å². The van der Waals surface area contributed by atoms with Gasteiger partial charge in [0.2, 0.25) is 0 Å². The number of ether oxygens (including phenoxy) is 1. The lowest BCUT2D eigenvalue weighted by Crippen LogP contribution is -2.32. The molecule has 2 aliphatic rings. The second-order valence-corrected chi connectivity index (χ2v) is 7.57. The van der Waals surface area contributed by atoms with Crippen LogP contribution in [0, 0.1) is 11.8 Å². The first kappa shape index (κ1) is 15.4. The van der Waals surface area contributed by atoms with Gasteiger partial charge < -0.3 is 10.1 Å². The molecule has 0 aromatic heterocycles. The first-order valence-electron chi connectivity index (χ1n) is 8.39. The number of hydrogen-bond acceptors (Lipinski definition) is 2. The van der Waals surface area contributed by atoms with E-state index < -0.39 is 0 Å². The Balaban J connectivity index is 1.67. The van der Waals surface area contributed by atoms with Gasteiger partial charge >= 0.3 is 0 Å². The molecular weight excluding hydrogens is 326 g/mol. The highest BCUT2D eigenvalue weighted by Gasteiger charge is 2.24. The predicted octanol–water partition coefficient (Wildman–Crippen LogP) is 5.08. The molecule has 0 amide bonds. The zero-order valence-electron chi connectivity index (χ0n) is 12.9. The summed E-state index contributed by atoms with van der Waals surface area (Å²) in [6.07, 6.45) is 7.94. The minimum Gasteiger partial charge on any atom is -0.493 e. The Bertz CT molecular complexity index is 476. The van der Waals surface area contributed by atoms with Gasteiger partial charge in [0.1, 0.15) is 5.75 Å². The Labute approximate surface area is 136 Å². The Morgan fingerprint density at radius 1 is 1.19 bits per heavy atom. The van der Waals surface area contributed by atoms with Crippen molar-refractivity contribution in [3.63, 3.8) is 0 Å². The van der Waals surface area contributed by atoms with E-state index in [9.17, 15) is 0 Å². The van der Waals surface area contributed by atoms with E-state index in [0.29, 0.717) is 6.04 Å². The molecule has 1 saturated carbocycles. The fourth-order valence-electron chi connectivity index (χ4n) is 3.75. The van der Waals surface area contributed by atoms with Gasteiger partial charge in [0.25, 0.3) is 0 Å². The SMILES string of the molecule is CC1CCCCC1CNC1CCCOc2cc(Br)ccc21. The molecule has 0 spiro atoms. The van der Waals surface area contributed by atoms with Crippen molar-refractivity contribution in [1.29, 1.82) is 0 Å². The summed E-state index contributed by atoms with van der Waals surface area (Å²) in [6, 6.07) is 6.90. The summed E-state index contributed by atoms with van der Waals surface area (Å²) in [7, 11) is 0. The van der Waals surface area contributed by atoms with Gasteiger partial charge in [-0.1, -0.05) is 48.2 Å². The van der Waals surface area contributed by atoms with Gasteiger partial charge in [-0.05, 0) is 49.8 Å². The number of rotatable bonds is 3. The average molecular weight is 352 g/mol. The summed E-state index contributed by atoms with van der Waals surface area (Å²) < 4.78 is 7.00. The molecular formula is C18H26BrNO. The van der Waals surface area contributed by atoms with Crippen LogP contribution in [-0.4, -0.2) is 13.2 Å². The summed E-state index contributed by atoms with van der Waals surface area (Å²) in [5.41, 5.74) is 1.33. The predicted molar refractivity (Wildman–Crippen MR) is 90.7 cm³/mol. The van der Waals surface area contributed by atoms with Crippen molar-refractivity contribution in [2.75, 3.05) is 13.2 Å². The van der Waals surface area contributed by atoms with Crippen molar-refractivity contribution in [2.24, 2.45) is 11.8 Å². The average Bonchev–Trinajstić information content (AvgIpc) is 2.68. The molecule has 0 saturated heterocycles. The third-order valence-corrected chi connectivity index (χ3v) is 5.65. The normalized spacial score (nSPS) is 29.3. The highest BCUT2D eigenvalue weighted by Crippen LogP contribution is 2.35. The smallest absolute Gasteiger partial charge is 0.125 e. The third kappa shape index (κ3) is 3.81. The molecule has 1 fully saturated rings. The third-order valence-electron chi connectivity index (χ3n) is 5.16. The Morgan fingerprint density at radius 3 is 2.90 bits per heavy atom.